The number of carbonyl (C=O) groups is 1. The average molecular weight is 438 g/mol. The van der Waals surface area contributed by atoms with E-state index in [9.17, 15) is 13.6 Å². The summed E-state index contributed by atoms with van der Waals surface area (Å²) < 4.78 is 26.9. The van der Waals surface area contributed by atoms with Crippen LogP contribution in [0.3, 0.4) is 0 Å². The minimum Gasteiger partial charge on any atom is -0.341 e. The van der Waals surface area contributed by atoms with E-state index in [4.69, 9.17) is 4.98 Å². The van der Waals surface area contributed by atoms with Gasteiger partial charge < -0.3 is 9.80 Å². The summed E-state index contributed by atoms with van der Waals surface area (Å²) in [7, 11) is 0. The maximum atomic E-state index is 13.6. The molecule has 2 aliphatic rings. The van der Waals surface area contributed by atoms with Crippen LogP contribution in [0.1, 0.15) is 47.7 Å². The minimum absolute atomic E-state index is 0.0423. The highest BCUT2D eigenvalue weighted by Gasteiger charge is 2.29. The first-order valence-electron chi connectivity index (χ1n) is 11.0. The van der Waals surface area contributed by atoms with E-state index in [1.807, 2.05) is 6.07 Å². The predicted molar refractivity (Wildman–Crippen MR) is 115 cm³/mol. The summed E-state index contributed by atoms with van der Waals surface area (Å²) in [5.74, 6) is -1.50. The Balaban J connectivity index is 1.37. The summed E-state index contributed by atoms with van der Waals surface area (Å²) >= 11 is 0. The molecular formula is C23H24F2N6O. The van der Waals surface area contributed by atoms with Crippen LogP contribution in [0.2, 0.25) is 0 Å². The van der Waals surface area contributed by atoms with Crippen LogP contribution in [-0.2, 0) is 0 Å². The fraction of sp³-hybridized carbons (Fsp3) is 0.391. The van der Waals surface area contributed by atoms with Crippen LogP contribution in [0, 0.1) is 11.6 Å². The van der Waals surface area contributed by atoms with Gasteiger partial charge in [-0.05, 0) is 49.9 Å². The summed E-state index contributed by atoms with van der Waals surface area (Å²) in [5.41, 5.74) is 2.79. The third-order valence-electron chi connectivity index (χ3n) is 6.26. The Labute approximate surface area is 184 Å². The zero-order valence-electron chi connectivity index (χ0n) is 17.6. The summed E-state index contributed by atoms with van der Waals surface area (Å²) in [6.45, 7) is 2.97. The van der Waals surface area contributed by atoms with Gasteiger partial charge in [-0.1, -0.05) is 0 Å². The molecule has 0 spiro atoms. The Morgan fingerprint density at radius 3 is 2.72 bits per heavy atom. The van der Waals surface area contributed by atoms with Crippen molar-refractivity contribution in [2.75, 3.05) is 31.1 Å². The number of amides is 1. The number of aromatic nitrogens is 4. The largest absolute Gasteiger partial charge is 0.341 e. The van der Waals surface area contributed by atoms with E-state index in [-0.39, 0.29) is 17.4 Å². The topological polar surface area (TPSA) is 78.0 Å². The standard InChI is InChI=1S/C23H24F2N6O/c24-18-6-5-15(12-19(18)25)22(32)31-11-3-4-16(14-31)21-17(13-27-29-21)20-7-8-26-23(28-20)30-9-1-2-10-30/h5-8,12-13,16H,1-4,9-11,14H2,(H,27,29)/t16-/m1/s1. The van der Waals surface area contributed by atoms with Gasteiger partial charge in [0.2, 0.25) is 5.95 Å². The number of hydrogen-bond acceptors (Lipinski definition) is 5. The second-order valence-corrected chi connectivity index (χ2v) is 8.35. The Kier molecular flexibility index (Phi) is 5.55. The van der Waals surface area contributed by atoms with E-state index >= 15 is 0 Å². The molecule has 2 saturated heterocycles. The second kappa shape index (κ2) is 8.64. The SMILES string of the molecule is O=C(c1ccc(F)c(F)c1)N1CCC[C@@H](c2[nH]ncc2-c2ccnc(N3CCCC3)n2)C1. The Hall–Kier alpha value is -3.36. The van der Waals surface area contributed by atoms with Crippen molar-refractivity contribution in [2.24, 2.45) is 0 Å². The number of benzene rings is 1. The fourth-order valence-corrected chi connectivity index (χ4v) is 4.59. The number of anilines is 1. The predicted octanol–water partition coefficient (Wildman–Crippen LogP) is 3.76. The maximum absolute atomic E-state index is 13.6. The fourth-order valence-electron chi connectivity index (χ4n) is 4.59. The molecule has 0 bridgehead atoms. The Bertz CT molecular complexity index is 1130. The number of rotatable bonds is 4. The number of carbonyl (C=O) groups excluding carboxylic acids is 1. The molecular weight excluding hydrogens is 414 g/mol. The first kappa shape index (κ1) is 20.5. The highest BCUT2D eigenvalue weighted by Crippen LogP contribution is 2.33. The van der Waals surface area contributed by atoms with E-state index in [2.05, 4.69) is 20.1 Å². The molecule has 2 fully saturated rings. The van der Waals surface area contributed by atoms with Gasteiger partial charge in [0.15, 0.2) is 11.6 Å². The van der Waals surface area contributed by atoms with Crippen LogP contribution in [0.5, 0.6) is 0 Å². The Morgan fingerprint density at radius 2 is 1.91 bits per heavy atom. The highest BCUT2D eigenvalue weighted by atomic mass is 19.2. The van der Waals surface area contributed by atoms with E-state index in [1.165, 1.54) is 6.07 Å². The summed E-state index contributed by atoms with van der Waals surface area (Å²) in [6.07, 6.45) is 7.53. The first-order chi connectivity index (χ1) is 15.6. The third kappa shape index (κ3) is 3.94. The molecule has 1 N–H and O–H groups in total. The van der Waals surface area contributed by atoms with Gasteiger partial charge in [0.25, 0.3) is 5.91 Å². The highest BCUT2D eigenvalue weighted by molar-refractivity contribution is 5.94. The second-order valence-electron chi connectivity index (χ2n) is 8.35. The van der Waals surface area contributed by atoms with Gasteiger partial charge in [-0.3, -0.25) is 9.89 Å². The van der Waals surface area contributed by atoms with Crippen LogP contribution < -0.4 is 4.90 Å². The molecule has 9 heteroatoms. The first-order valence-corrected chi connectivity index (χ1v) is 11.0. The summed E-state index contributed by atoms with van der Waals surface area (Å²) in [4.78, 5) is 26.0. The van der Waals surface area contributed by atoms with E-state index in [0.717, 1.165) is 73.8 Å². The smallest absolute Gasteiger partial charge is 0.253 e. The molecule has 1 amide bonds. The molecule has 0 unspecified atom stereocenters. The van der Waals surface area contributed by atoms with Gasteiger partial charge in [-0.15, -0.1) is 0 Å². The molecule has 1 atom stereocenters. The molecule has 1 aromatic carbocycles. The number of nitrogens with one attached hydrogen (secondary N) is 1. The van der Waals surface area contributed by atoms with Crippen molar-refractivity contribution in [3.8, 4) is 11.3 Å². The number of H-pyrrole nitrogens is 1. The van der Waals surface area contributed by atoms with Crippen LogP contribution >= 0.6 is 0 Å². The maximum Gasteiger partial charge on any atom is 0.253 e. The van der Waals surface area contributed by atoms with Gasteiger partial charge in [-0.2, -0.15) is 5.10 Å². The lowest BCUT2D eigenvalue weighted by atomic mass is 9.91. The molecule has 3 aromatic rings. The summed E-state index contributed by atoms with van der Waals surface area (Å²) in [6, 6.07) is 5.15. The van der Waals surface area contributed by atoms with Crippen molar-refractivity contribution in [3.05, 3.63) is 59.6 Å². The van der Waals surface area contributed by atoms with Gasteiger partial charge in [0.1, 0.15) is 0 Å². The van der Waals surface area contributed by atoms with E-state index in [1.54, 1.807) is 17.3 Å². The van der Waals surface area contributed by atoms with E-state index < -0.39 is 11.6 Å². The number of hydrogen-bond donors (Lipinski definition) is 1. The van der Waals surface area contributed by atoms with Gasteiger partial charge in [0, 0.05) is 55.1 Å². The number of likely N-dealkylation sites (tertiary alicyclic amines) is 1. The molecule has 7 nitrogen and oxygen atoms in total. The van der Waals surface area contributed by atoms with Crippen molar-refractivity contribution in [2.45, 2.75) is 31.6 Å². The summed E-state index contributed by atoms with van der Waals surface area (Å²) in [5, 5.41) is 7.36. The normalized spacial score (nSPS) is 18.9. The number of nitrogens with zero attached hydrogens (tertiary/aromatic N) is 5. The number of halogens is 2. The lowest BCUT2D eigenvalue weighted by molar-refractivity contribution is 0.0705. The van der Waals surface area contributed by atoms with Gasteiger partial charge >= 0.3 is 0 Å². The third-order valence-corrected chi connectivity index (χ3v) is 6.26. The molecule has 2 aliphatic heterocycles. The lowest BCUT2D eigenvalue weighted by Gasteiger charge is -2.32. The van der Waals surface area contributed by atoms with Crippen LogP contribution in [-0.4, -0.2) is 57.2 Å². The zero-order valence-corrected chi connectivity index (χ0v) is 17.6. The number of piperidine rings is 1. The molecule has 2 aromatic heterocycles. The van der Waals surface area contributed by atoms with Crippen LogP contribution in [0.25, 0.3) is 11.3 Å². The average Bonchev–Trinajstić information content (AvgIpc) is 3.53. The van der Waals surface area contributed by atoms with Crippen LogP contribution in [0.4, 0.5) is 14.7 Å². The zero-order chi connectivity index (χ0) is 22.1. The van der Waals surface area contributed by atoms with Crippen LogP contribution in [0.15, 0.2) is 36.7 Å². The van der Waals surface area contributed by atoms with Crippen molar-refractivity contribution < 1.29 is 13.6 Å². The molecule has 5 rings (SSSR count). The minimum atomic E-state index is -1.02. The van der Waals surface area contributed by atoms with E-state index in [0.29, 0.717) is 13.1 Å². The van der Waals surface area contributed by atoms with Crippen molar-refractivity contribution >= 4 is 11.9 Å². The molecule has 0 aliphatic carbocycles. The molecule has 0 radical (unpaired) electrons. The molecule has 0 saturated carbocycles. The van der Waals surface area contributed by atoms with Gasteiger partial charge in [-0.25, -0.2) is 18.7 Å². The van der Waals surface area contributed by atoms with Crippen molar-refractivity contribution in [3.63, 3.8) is 0 Å². The quantitative estimate of drug-likeness (QED) is 0.671. The van der Waals surface area contributed by atoms with Crippen molar-refractivity contribution in [1.82, 2.24) is 25.1 Å². The molecule has 4 heterocycles. The molecule has 32 heavy (non-hydrogen) atoms. The Morgan fingerprint density at radius 1 is 1.06 bits per heavy atom. The number of aromatic amines is 1. The van der Waals surface area contributed by atoms with Crippen molar-refractivity contribution in [1.29, 1.82) is 0 Å². The van der Waals surface area contributed by atoms with Gasteiger partial charge in [0.05, 0.1) is 11.9 Å². The lowest BCUT2D eigenvalue weighted by Crippen LogP contribution is -2.39. The molecule has 166 valence electrons. The monoisotopic (exact) mass is 438 g/mol.